The van der Waals surface area contributed by atoms with Crippen molar-refractivity contribution in [2.75, 3.05) is 6.61 Å². The summed E-state index contributed by atoms with van der Waals surface area (Å²) in [5, 5.41) is 22.5. The fraction of sp³-hybridized carbons (Fsp3) is 0.176. The van der Waals surface area contributed by atoms with Crippen LogP contribution in [0.2, 0.25) is 0 Å². The predicted octanol–water partition coefficient (Wildman–Crippen LogP) is 2.95. The number of aryl methyl sites for hydroxylation is 1. The summed E-state index contributed by atoms with van der Waals surface area (Å²) < 4.78 is 6.21. The van der Waals surface area contributed by atoms with Gasteiger partial charge in [0.25, 0.3) is 5.91 Å². The van der Waals surface area contributed by atoms with E-state index in [1.807, 2.05) is 12.1 Å². The maximum atomic E-state index is 11.7. The van der Waals surface area contributed by atoms with Gasteiger partial charge in [-0.05, 0) is 52.2 Å². The SMILES string of the molecule is CCc1ccc(OCC(=O)NN=Cc2ccc(O)cc2O)c(Br)c1. The van der Waals surface area contributed by atoms with E-state index in [9.17, 15) is 15.0 Å². The highest BCUT2D eigenvalue weighted by Crippen LogP contribution is 2.26. The number of carbonyl (C=O) groups is 1. The fourth-order valence-corrected chi connectivity index (χ4v) is 2.41. The van der Waals surface area contributed by atoms with Gasteiger partial charge >= 0.3 is 0 Å². The Hall–Kier alpha value is -2.54. The van der Waals surface area contributed by atoms with Gasteiger partial charge in [-0.15, -0.1) is 0 Å². The molecule has 0 aromatic heterocycles. The van der Waals surface area contributed by atoms with Crippen LogP contribution in [0.5, 0.6) is 17.2 Å². The highest BCUT2D eigenvalue weighted by Gasteiger charge is 2.06. The van der Waals surface area contributed by atoms with Gasteiger partial charge < -0.3 is 14.9 Å². The molecule has 0 aliphatic heterocycles. The third-order valence-electron chi connectivity index (χ3n) is 3.17. The maximum Gasteiger partial charge on any atom is 0.277 e. The van der Waals surface area contributed by atoms with E-state index in [2.05, 4.69) is 33.4 Å². The van der Waals surface area contributed by atoms with Crippen LogP contribution in [-0.2, 0) is 11.2 Å². The molecule has 0 fully saturated rings. The van der Waals surface area contributed by atoms with Crippen molar-refractivity contribution >= 4 is 28.1 Å². The lowest BCUT2D eigenvalue weighted by Gasteiger charge is -2.08. The van der Waals surface area contributed by atoms with Gasteiger partial charge in [-0.1, -0.05) is 13.0 Å². The number of aromatic hydroxyl groups is 2. The number of ether oxygens (including phenoxy) is 1. The first-order chi connectivity index (χ1) is 11.5. The number of rotatable bonds is 6. The van der Waals surface area contributed by atoms with Crippen molar-refractivity contribution in [1.29, 1.82) is 0 Å². The molecule has 0 atom stereocenters. The van der Waals surface area contributed by atoms with Gasteiger partial charge in [0.05, 0.1) is 10.7 Å². The quantitative estimate of drug-likeness (QED) is 0.520. The van der Waals surface area contributed by atoms with Crippen LogP contribution in [0.1, 0.15) is 18.1 Å². The van der Waals surface area contributed by atoms with Crippen LogP contribution in [0.15, 0.2) is 46.0 Å². The van der Waals surface area contributed by atoms with E-state index in [4.69, 9.17) is 4.74 Å². The number of nitrogens with zero attached hydrogens (tertiary/aromatic N) is 1. The Morgan fingerprint density at radius 1 is 1.29 bits per heavy atom. The molecule has 2 aromatic rings. The van der Waals surface area contributed by atoms with Crippen LogP contribution in [0.25, 0.3) is 0 Å². The minimum Gasteiger partial charge on any atom is -0.508 e. The van der Waals surface area contributed by atoms with Crippen molar-refractivity contribution in [3.8, 4) is 17.2 Å². The summed E-state index contributed by atoms with van der Waals surface area (Å²) in [5.74, 6) is -0.0514. The molecule has 0 saturated carbocycles. The Bertz CT molecular complexity index is 762. The molecule has 0 heterocycles. The number of phenolic OH excluding ortho intramolecular Hbond substituents is 2. The lowest BCUT2D eigenvalue weighted by Crippen LogP contribution is -2.24. The zero-order valence-corrected chi connectivity index (χ0v) is 14.6. The Morgan fingerprint density at radius 3 is 2.75 bits per heavy atom. The summed E-state index contributed by atoms with van der Waals surface area (Å²) in [6.45, 7) is 1.86. The Morgan fingerprint density at radius 2 is 2.08 bits per heavy atom. The number of phenols is 2. The Kier molecular flexibility index (Phi) is 6.20. The number of nitrogens with one attached hydrogen (secondary N) is 1. The minimum absolute atomic E-state index is 0.0539. The van der Waals surface area contributed by atoms with Gasteiger partial charge in [-0.2, -0.15) is 5.10 Å². The number of amides is 1. The molecule has 24 heavy (non-hydrogen) atoms. The lowest BCUT2D eigenvalue weighted by molar-refractivity contribution is -0.123. The largest absolute Gasteiger partial charge is 0.508 e. The van der Waals surface area contributed by atoms with Crippen molar-refractivity contribution in [2.45, 2.75) is 13.3 Å². The van der Waals surface area contributed by atoms with E-state index in [1.165, 1.54) is 24.4 Å². The second-order valence-electron chi connectivity index (χ2n) is 4.94. The topological polar surface area (TPSA) is 91.2 Å². The number of halogens is 1. The molecule has 0 aliphatic rings. The van der Waals surface area contributed by atoms with Crippen molar-refractivity contribution < 1.29 is 19.7 Å². The number of hydrazone groups is 1. The monoisotopic (exact) mass is 392 g/mol. The first-order valence-corrected chi connectivity index (χ1v) is 8.04. The van der Waals surface area contributed by atoms with E-state index < -0.39 is 5.91 Å². The average Bonchev–Trinajstić information content (AvgIpc) is 2.55. The van der Waals surface area contributed by atoms with Gasteiger partial charge in [0, 0.05) is 11.6 Å². The third kappa shape index (κ3) is 4.99. The molecular weight excluding hydrogens is 376 g/mol. The maximum absolute atomic E-state index is 11.7. The summed E-state index contributed by atoms with van der Waals surface area (Å²) >= 11 is 3.40. The van der Waals surface area contributed by atoms with Gasteiger partial charge in [0.2, 0.25) is 0 Å². The zero-order valence-electron chi connectivity index (χ0n) is 13.0. The first-order valence-electron chi connectivity index (χ1n) is 7.24. The molecule has 6 nitrogen and oxygen atoms in total. The van der Waals surface area contributed by atoms with Gasteiger partial charge in [0.15, 0.2) is 6.61 Å². The molecular formula is C17H17BrN2O4. The van der Waals surface area contributed by atoms with Gasteiger partial charge in [0.1, 0.15) is 17.2 Å². The molecule has 0 aliphatic carbocycles. The van der Waals surface area contributed by atoms with E-state index in [-0.39, 0.29) is 18.1 Å². The van der Waals surface area contributed by atoms with Crippen molar-refractivity contribution in [3.63, 3.8) is 0 Å². The van der Waals surface area contributed by atoms with Crippen LogP contribution in [-0.4, -0.2) is 28.9 Å². The molecule has 1 amide bonds. The van der Waals surface area contributed by atoms with Crippen molar-refractivity contribution in [1.82, 2.24) is 5.43 Å². The van der Waals surface area contributed by atoms with Crippen molar-refractivity contribution in [3.05, 3.63) is 52.0 Å². The Balaban J connectivity index is 1.86. The van der Waals surface area contributed by atoms with Crippen LogP contribution in [0.3, 0.4) is 0 Å². The molecule has 0 saturated heterocycles. The van der Waals surface area contributed by atoms with Gasteiger partial charge in [-0.25, -0.2) is 5.43 Å². The lowest BCUT2D eigenvalue weighted by atomic mass is 10.2. The van der Waals surface area contributed by atoms with E-state index in [1.54, 1.807) is 6.07 Å². The van der Waals surface area contributed by atoms with E-state index in [0.29, 0.717) is 11.3 Å². The Labute approximate surface area is 147 Å². The number of carbonyl (C=O) groups excluding carboxylic acids is 1. The summed E-state index contributed by atoms with van der Waals surface area (Å²) in [5.41, 5.74) is 3.83. The van der Waals surface area contributed by atoms with Gasteiger partial charge in [-0.3, -0.25) is 4.79 Å². The van der Waals surface area contributed by atoms with E-state index in [0.717, 1.165) is 16.5 Å². The molecule has 0 radical (unpaired) electrons. The summed E-state index contributed by atoms with van der Waals surface area (Å²) in [6, 6.07) is 9.74. The molecule has 3 N–H and O–H groups in total. The molecule has 126 valence electrons. The van der Waals surface area contributed by atoms with E-state index >= 15 is 0 Å². The molecule has 7 heteroatoms. The zero-order chi connectivity index (χ0) is 17.5. The third-order valence-corrected chi connectivity index (χ3v) is 3.79. The van der Waals surface area contributed by atoms with Crippen molar-refractivity contribution in [2.24, 2.45) is 5.10 Å². The minimum atomic E-state index is -0.434. The van der Waals surface area contributed by atoms with Crippen LogP contribution >= 0.6 is 15.9 Å². The molecule has 0 bridgehead atoms. The predicted molar refractivity (Wildman–Crippen MR) is 94.5 cm³/mol. The summed E-state index contributed by atoms with van der Waals surface area (Å²) in [4.78, 5) is 11.7. The highest BCUT2D eigenvalue weighted by molar-refractivity contribution is 9.10. The van der Waals surface area contributed by atoms with Crippen LogP contribution in [0, 0.1) is 0 Å². The first kappa shape index (κ1) is 17.8. The number of hydrogen-bond donors (Lipinski definition) is 3. The standard InChI is InChI=1S/C17H17BrN2O4/c1-2-11-3-6-16(14(18)7-11)24-10-17(23)20-19-9-12-4-5-13(21)8-15(12)22/h3-9,21-22H,2,10H2,1H3,(H,20,23). The fourth-order valence-electron chi connectivity index (χ4n) is 1.87. The second-order valence-corrected chi connectivity index (χ2v) is 5.80. The summed E-state index contributed by atoms with van der Waals surface area (Å²) in [6.07, 6.45) is 2.19. The highest BCUT2D eigenvalue weighted by atomic mass is 79.9. The molecule has 0 spiro atoms. The average molecular weight is 393 g/mol. The smallest absolute Gasteiger partial charge is 0.277 e. The number of hydrogen-bond acceptors (Lipinski definition) is 5. The second kappa shape index (κ2) is 8.35. The van der Waals surface area contributed by atoms with Crippen LogP contribution in [0.4, 0.5) is 0 Å². The summed E-state index contributed by atoms with van der Waals surface area (Å²) in [7, 11) is 0. The molecule has 2 aromatic carbocycles. The molecule has 0 unspecified atom stereocenters. The normalized spacial score (nSPS) is 10.8. The molecule has 2 rings (SSSR count). The number of benzene rings is 2. The van der Waals surface area contributed by atoms with Crippen LogP contribution < -0.4 is 10.2 Å².